The molecule has 0 spiro atoms. The lowest BCUT2D eigenvalue weighted by molar-refractivity contribution is 0.257. The summed E-state index contributed by atoms with van der Waals surface area (Å²) < 4.78 is 17.2. The molecule has 23 heavy (non-hydrogen) atoms. The second kappa shape index (κ2) is 10.6. The molecular formula is C15H27N2O3PS2. The van der Waals surface area contributed by atoms with Gasteiger partial charge in [-0.1, -0.05) is 32.2 Å². The summed E-state index contributed by atoms with van der Waals surface area (Å²) >= 11 is 7.19. The van der Waals surface area contributed by atoms with Crippen molar-refractivity contribution in [3.05, 3.63) is 17.6 Å². The lowest BCUT2D eigenvalue weighted by Gasteiger charge is -2.20. The molecule has 0 saturated carbocycles. The molecule has 0 fully saturated rings. The number of hydrogen-bond acceptors (Lipinski definition) is 7. The normalized spacial score (nSPS) is 14.0. The van der Waals surface area contributed by atoms with E-state index >= 15 is 0 Å². The van der Waals surface area contributed by atoms with Crippen LogP contribution in [-0.2, 0) is 27.5 Å². The highest BCUT2D eigenvalue weighted by Gasteiger charge is 2.20. The van der Waals surface area contributed by atoms with Gasteiger partial charge in [0.05, 0.1) is 25.5 Å². The molecule has 0 aliphatic heterocycles. The van der Waals surface area contributed by atoms with E-state index in [0.717, 1.165) is 23.7 Å². The van der Waals surface area contributed by atoms with Gasteiger partial charge in [0, 0.05) is 17.7 Å². The molecule has 1 aromatic heterocycles. The van der Waals surface area contributed by atoms with Crippen LogP contribution in [0.4, 0.5) is 0 Å². The van der Waals surface area contributed by atoms with Crippen LogP contribution in [0, 0.1) is 0 Å². The van der Waals surface area contributed by atoms with E-state index in [1.54, 1.807) is 11.4 Å². The zero-order valence-corrected chi connectivity index (χ0v) is 17.1. The van der Waals surface area contributed by atoms with Crippen LogP contribution in [-0.4, -0.2) is 28.9 Å². The minimum atomic E-state index is -2.32. The Hall–Kier alpha value is -0.200. The standard InChI is InChI=1S/C15H27N2O3PS2/c1-6-9-23-21(22,19-8-3)20-11-13-10-14(18-7-2)17-15(16-13)12(4)5/h10,12H,6-9,11H2,1-5H3/t21-/m0/s1. The van der Waals surface area contributed by atoms with Gasteiger partial charge < -0.3 is 13.8 Å². The van der Waals surface area contributed by atoms with Crippen LogP contribution in [0.3, 0.4) is 0 Å². The molecule has 0 N–H and O–H groups in total. The van der Waals surface area contributed by atoms with Gasteiger partial charge in [-0.25, -0.2) is 4.98 Å². The van der Waals surface area contributed by atoms with Crippen molar-refractivity contribution in [2.75, 3.05) is 19.0 Å². The first kappa shape index (κ1) is 20.8. The van der Waals surface area contributed by atoms with Crippen LogP contribution in [0.25, 0.3) is 0 Å². The van der Waals surface area contributed by atoms with Gasteiger partial charge in [-0.05, 0) is 32.1 Å². The zero-order chi connectivity index (χ0) is 17.3. The molecule has 0 aliphatic carbocycles. The van der Waals surface area contributed by atoms with E-state index in [2.05, 4.69) is 30.7 Å². The Morgan fingerprint density at radius 2 is 1.91 bits per heavy atom. The molecule has 0 bridgehead atoms. The van der Waals surface area contributed by atoms with Gasteiger partial charge in [-0.15, -0.1) is 0 Å². The molecule has 1 aromatic rings. The summed E-state index contributed by atoms with van der Waals surface area (Å²) in [4.78, 5) is 8.96. The molecule has 0 radical (unpaired) electrons. The predicted molar refractivity (Wildman–Crippen MR) is 101 cm³/mol. The molecule has 132 valence electrons. The van der Waals surface area contributed by atoms with Crippen molar-refractivity contribution in [2.24, 2.45) is 0 Å². The minimum absolute atomic E-state index is 0.221. The molecule has 0 amide bonds. The highest BCUT2D eigenvalue weighted by molar-refractivity contribution is 8.67. The zero-order valence-electron chi connectivity index (χ0n) is 14.6. The largest absolute Gasteiger partial charge is 0.478 e. The van der Waals surface area contributed by atoms with E-state index in [1.165, 1.54) is 0 Å². The van der Waals surface area contributed by atoms with Crippen molar-refractivity contribution in [3.8, 4) is 5.88 Å². The quantitative estimate of drug-likeness (QED) is 0.507. The van der Waals surface area contributed by atoms with E-state index in [9.17, 15) is 0 Å². The molecule has 1 rings (SSSR count). The molecule has 0 saturated heterocycles. The molecule has 0 aliphatic rings. The highest BCUT2D eigenvalue weighted by atomic mass is 32.9. The Morgan fingerprint density at radius 1 is 1.17 bits per heavy atom. The van der Waals surface area contributed by atoms with E-state index in [-0.39, 0.29) is 5.92 Å². The molecule has 0 aromatic carbocycles. The fraction of sp³-hybridized carbons (Fsp3) is 0.733. The summed E-state index contributed by atoms with van der Waals surface area (Å²) in [6.07, 6.45) is 1.04. The average Bonchev–Trinajstić information content (AvgIpc) is 2.51. The van der Waals surface area contributed by atoms with Crippen molar-refractivity contribution < 1.29 is 13.8 Å². The van der Waals surface area contributed by atoms with Crippen LogP contribution in [0.1, 0.15) is 58.5 Å². The number of rotatable bonds is 11. The summed E-state index contributed by atoms with van der Waals surface area (Å²) in [6, 6.07) is 1.81. The second-order valence-corrected chi connectivity index (χ2v) is 11.5. The van der Waals surface area contributed by atoms with Gasteiger partial charge in [0.15, 0.2) is 0 Å². The summed E-state index contributed by atoms with van der Waals surface area (Å²) in [7, 11) is 0. The fourth-order valence-corrected chi connectivity index (χ4v) is 6.19. The van der Waals surface area contributed by atoms with Gasteiger partial charge in [-0.2, -0.15) is 4.98 Å². The molecular weight excluding hydrogens is 351 g/mol. The van der Waals surface area contributed by atoms with Crippen LogP contribution in [0.2, 0.25) is 0 Å². The fourth-order valence-electron chi connectivity index (χ4n) is 1.66. The average molecular weight is 379 g/mol. The summed E-state index contributed by atoms with van der Waals surface area (Å²) in [5, 5.41) is 0. The Morgan fingerprint density at radius 3 is 2.48 bits per heavy atom. The third-order valence-corrected chi connectivity index (χ3v) is 8.33. The first-order valence-corrected chi connectivity index (χ1v) is 12.2. The maximum Gasteiger partial charge on any atom is 0.247 e. The molecule has 1 atom stereocenters. The van der Waals surface area contributed by atoms with E-state index in [1.807, 2.05) is 19.9 Å². The van der Waals surface area contributed by atoms with Crippen LogP contribution >= 0.6 is 17.1 Å². The maximum atomic E-state index is 5.95. The van der Waals surface area contributed by atoms with Crippen molar-refractivity contribution >= 4 is 28.9 Å². The number of nitrogens with zero attached hydrogens (tertiary/aromatic N) is 2. The van der Waals surface area contributed by atoms with Crippen molar-refractivity contribution in [1.82, 2.24) is 9.97 Å². The Kier molecular flexibility index (Phi) is 9.63. The van der Waals surface area contributed by atoms with E-state index < -0.39 is 5.69 Å². The monoisotopic (exact) mass is 378 g/mol. The lowest BCUT2D eigenvalue weighted by Crippen LogP contribution is -2.06. The lowest BCUT2D eigenvalue weighted by atomic mass is 10.2. The first-order chi connectivity index (χ1) is 10.9. The molecule has 1 heterocycles. The van der Waals surface area contributed by atoms with Gasteiger partial charge in [0.2, 0.25) is 11.6 Å². The van der Waals surface area contributed by atoms with Gasteiger partial charge >= 0.3 is 0 Å². The number of aromatic nitrogens is 2. The minimum Gasteiger partial charge on any atom is -0.478 e. The second-order valence-electron chi connectivity index (χ2n) is 5.12. The third kappa shape index (κ3) is 7.48. The van der Waals surface area contributed by atoms with E-state index in [4.69, 9.17) is 25.6 Å². The van der Waals surface area contributed by atoms with Gasteiger partial charge in [-0.3, -0.25) is 0 Å². The van der Waals surface area contributed by atoms with Crippen LogP contribution in [0.15, 0.2) is 6.07 Å². The predicted octanol–water partition coefficient (Wildman–Crippen LogP) is 4.92. The molecule has 8 heteroatoms. The van der Waals surface area contributed by atoms with Gasteiger partial charge in [0.1, 0.15) is 5.82 Å². The van der Waals surface area contributed by atoms with Crippen molar-refractivity contribution in [3.63, 3.8) is 0 Å². The first-order valence-electron chi connectivity index (χ1n) is 7.98. The third-order valence-electron chi connectivity index (χ3n) is 2.69. The van der Waals surface area contributed by atoms with Crippen molar-refractivity contribution in [1.29, 1.82) is 0 Å². The molecule has 5 nitrogen and oxygen atoms in total. The highest BCUT2D eigenvalue weighted by Crippen LogP contribution is 2.61. The number of ether oxygens (including phenoxy) is 1. The van der Waals surface area contributed by atoms with Crippen LogP contribution < -0.4 is 4.74 Å². The van der Waals surface area contributed by atoms with Gasteiger partial charge in [0.25, 0.3) is 0 Å². The van der Waals surface area contributed by atoms with E-state index in [0.29, 0.717) is 25.7 Å². The van der Waals surface area contributed by atoms with Crippen LogP contribution in [0.5, 0.6) is 5.88 Å². The SMILES string of the molecule is CCCS[P@@](=S)(OCC)OCc1cc(OCC)nc(C(C)C)n1. The summed E-state index contributed by atoms with van der Waals surface area (Å²) in [5.41, 5.74) is -1.55. The summed E-state index contributed by atoms with van der Waals surface area (Å²) in [5.74, 6) is 2.48. The smallest absolute Gasteiger partial charge is 0.247 e. The Labute approximate surface area is 148 Å². The number of hydrogen-bond donors (Lipinski definition) is 0. The molecule has 0 unspecified atom stereocenters. The maximum absolute atomic E-state index is 5.95. The summed E-state index contributed by atoms with van der Waals surface area (Å²) in [6.45, 7) is 11.5. The Bertz CT molecular complexity index is 529. The topological polar surface area (TPSA) is 53.5 Å². The van der Waals surface area contributed by atoms with Crippen molar-refractivity contribution in [2.45, 2.75) is 53.6 Å². The Balaban J connectivity index is 2.87.